The summed E-state index contributed by atoms with van der Waals surface area (Å²) in [5.74, 6) is -0.0552. The van der Waals surface area contributed by atoms with Crippen molar-refractivity contribution in [1.29, 1.82) is 0 Å². The van der Waals surface area contributed by atoms with E-state index in [-0.39, 0.29) is 24.4 Å². The summed E-state index contributed by atoms with van der Waals surface area (Å²) in [6.07, 6.45) is 4.08. The predicted octanol–water partition coefficient (Wildman–Crippen LogP) is 3.38. The molecule has 5 nitrogen and oxygen atoms in total. The van der Waals surface area contributed by atoms with Crippen LogP contribution in [0.3, 0.4) is 0 Å². The molecular weight excluding hydrogens is 338 g/mol. The van der Waals surface area contributed by atoms with Crippen molar-refractivity contribution in [3.8, 4) is 0 Å². The van der Waals surface area contributed by atoms with E-state index in [0.29, 0.717) is 18.2 Å². The van der Waals surface area contributed by atoms with Crippen LogP contribution in [-0.2, 0) is 18.4 Å². The Balaban J connectivity index is 1.76. The monoisotopic (exact) mass is 367 g/mol. The predicted molar refractivity (Wildman–Crippen MR) is 106 cm³/mol. The van der Waals surface area contributed by atoms with Crippen molar-refractivity contribution in [2.45, 2.75) is 52.2 Å². The Labute approximate surface area is 161 Å². The summed E-state index contributed by atoms with van der Waals surface area (Å²) < 4.78 is 2.04. The zero-order chi connectivity index (χ0) is 19.6. The molecule has 2 aromatic rings. The van der Waals surface area contributed by atoms with Crippen LogP contribution in [0.15, 0.2) is 42.6 Å². The molecule has 0 aliphatic heterocycles. The van der Waals surface area contributed by atoms with Gasteiger partial charge in [-0.15, -0.1) is 0 Å². The summed E-state index contributed by atoms with van der Waals surface area (Å²) in [6, 6.07) is 11.8. The molecule has 1 aromatic carbocycles. The number of aryl methyl sites for hydroxylation is 2. The number of aromatic nitrogens is 1. The summed E-state index contributed by atoms with van der Waals surface area (Å²) >= 11 is 0. The van der Waals surface area contributed by atoms with Crippen LogP contribution in [0.2, 0.25) is 0 Å². The molecule has 0 saturated heterocycles. The molecule has 1 heterocycles. The van der Waals surface area contributed by atoms with Gasteiger partial charge < -0.3 is 14.4 Å². The maximum Gasteiger partial charge on any atom is 0.254 e. The van der Waals surface area contributed by atoms with Gasteiger partial charge in [0.15, 0.2) is 0 Å². The highest BCUT2D eigenvalue weighted by atomic mass is 16.2. The normalized spacial score (nSPS) is 13.7. The van der Waals surface area contributed by atoms with Gasteiger partial charge in [0.2, 0.25) is 5.91 Å². The Hall–Kier alpha value is -2.56. The first kappa shape index (κ1) is 19.2. The molecule has 1 aromatic heterocycles. The number of hydrogen-bond donors (Lipinski definition) is 0. The van der Waals surface area contributed by atoms with E-state index in [1.54, 1.807) is 4.90 Å². The average Bonchev–Trinajstić information content (AvgIpc) is 3.39. The number of carbonyl (C=O) groups excluding carboxylic acids is 2. The van der Waals surface area contributed by atoms with Crippen LogP contribution >= 0.6 is 0 Å². The van der Waals surface area contributed by atoms with Crippen molar-refractivity contribution in [1.82, 2.24) is 14.4 Å². The van der Waals surface area contributed by atoms with Crippen LogP contribution in [0.4, 0.5) is 0 Å². The number of hydrogen-bond acceptors (Lipinski definition) is 2. The van der Waals surface area contributed by atoms with Crippen LogP contribution in [0.5, 0.6) is 0 Å². The number of carbonyl (C=O) groups is 2. The highest BCUT2D eigenvalue weighted by molar-refractivity contribution is 5.98. The van der Waals surface area contributed by atoms with Gasteiger partial charge in [0, 0.05) is 36.6 Å². The highest BCUT2D eigenvalue weighted by Gasteiger charge is 2.34. The van der Waals surface area contributed by atoms with Gasteiger partial charge >= 0.3 is 0 Å². The lowest BCUT2D eigenvalue weighted by atomic mass is 10.1. The van der Waals surface area contributed by atoms with E-state index in [1.807, 2.05) is 79.9 Å². The minimum atomic E-state index is -0.0777. The molecule has 0 unspecified atom stereocenters. The fourth-order valence-electron chi connectivity index (χ4n) is 3.34. The molecule has 144 valence electrons. The van der Waals surface area contributed by atoms with Gasteiger partial charge in [0.25, 0.3) is 5.91 Å². The summed E-state index contributed by atoms with van der Waals surface area (Å²) in [4.78, 5) is 29.8. The molecule has 5 heteroatoms. The number of benzene rings is 1. The van der Waals surface area contributed by atoms with Gasteiger partial charge in [0.05, 0.1) is 6.54 Å². The Kier molecular flexibility index (Phi) is 5.68. The second-order valence-electron chi connectivity index (χ2n) is 7.70. The molecular formula is C22H29N3O2. The van der Waals surface area contributed by atoms with Crippen molar-refractivity contribution < 1.29 is 9.59 Å². The molecule has 1 saturated carbocycles. The SMILES string of the molecule is Cc1ccccc1C(=O)N(CC(=O)N(Cc1cccn1C)C1CC1)C(C)C. The Morgan fingerprint density at radius 3 is 2.41 bits per heavy atom. The second kappa shape index (κ2) is 7.99. The lowest BCUT2D eigenvalue weighted by Crippen LogP contribution is -2.46. The van der Waals surface area contributed by atoms with E-state index >= 15 is 0 Å². The molecule has 1 aliphatic carbocycles. The molecule has 0 N–H and O–H groups in total. The minimum absolute atomic E-state index is 0.0225. The zero-order valence-electron chi connectivity index (χ0n) is 16.7. The molecule has 3 rings (SSSR count). The van der Waals surface area contributed by atoms with Crippen molar-refractivity contribution in [3.63, 3.8) is 0 Å². The van der Waals surface area contributed by atoms with Crippen molar-refractivity contribution in [3.05, 3.63) is 59.4 Å². The van der Waals surface area contributed by atoms with Crippen LogP contribution in [-0.4, -0.2) is 44.8 Å². The van der Waals surface area contributed by atoms with Crippen LogP contribution in [0.25, 0.3) is 0 Å². The molecule has 2 amide bonds. The standard InChI is InChI=1S/C22H29N3O2/c1-16(2)24(22(27)20-10-6-5-8-17(20)3)15-21(26)25(18-11-12-18)14-19-9-7-13-23(19)4/h5-10,13,16,18H,11-12,14-15H2,1-4H3. The highest BCUT2D eigenvalue weighted by Crippen LogP contribution is 2.29. The zero-order valence-corrected chi connectivity index (χ0v) is 16.7. The Bertz CT molecular complexity index is 820. The maximum absolute atomic E-state index is 13.1. The molecule has 1 fully saturated rings. The van der Waals surface area contributed by atoms with E-state index in [1.165, 1.54) is 0 Å². The van der Waals surface area contributed by atoms with Gasteiger partial charge in [0.1, 0.15) is 6.54 Å². The average molecular weight is 367 g/mol. The van der Waals surface area contributed by atoms with Gasteiger partial charge in [-0.1, -0.05) is 18.2 Å². The molecule has 27 heavy (non-hydrogen) atoms. The Morgan fingerprint density at radius 1 is 1.15 bits per heavy atom. The van der Waals surface area contributed by atoms with Gasteiger partial charge in [-0.2, -0.15) is 0 Å². The first-order valence-corrected chi connectivity index (χ1v) is 9.64. The lowest BCUT2D eigenvalue weighted by Gasteiger charge is -2.30. The molecule has 0 spiro atoms. The fraction of sp³-hybridized carbons (Fsp3) is 0.455. The van der Waals surface area contributed by atoms with E-state index in [4.69, 9.17) is 0 Å². The third-order valence-corrected chi connectivity index (χ3v) is 5.26. The van der Waals surface area contributed by atoms with Crippen molar-refractivity contribution in [2.24, 2.45) is 7.05 Å². The van der Waals surface area contributed by atoms with Crippen LogP contribution in [0.1, 0.15) is 48.3 Å². The van der Waals surface area contributed by atoms with Gasteiger partial charge in [-0.25, -0.2) is 0 Å². The number of nitrogens with zero attached hydrogens (tertiary/aromatic N) is 3. The first-order valence-electron chi connectivity index (χ1n) is 9.64. The van der Waals surface area contributed by atoms with Crippen LogP contribution in [0, 0.1) is 6.92 Å². The minimum Gasteiger partial charge on any atom is -0.353 e. The largest absolute Gasteiger partial charge is 0.353 e. The second-order valence-corrected chi connectivity index (χ2v) is 7.70. The van der Waals surface area contributed by atoms with Crippen molar-refractivity contribution >= 4 is 11.8 Å². The molecule has 0 bridgehead atoms. The third kappa shape index (κ3) is 4.41. The first-order chi connectivity index (χ1) is 12.9. The summed E-state index contributed by atoms with van der Waals surface area (Å²) in [6.45, 7) is 6.56. The fourth-order valence-corrected chi connectivity index (χ4v) is 3.34. The summed E-state index contributed by atoms with van der Waals surface area (Å²) in [7, 11) is 1.99. The van der Waals surface area contributed by atoms with E-state index < -0.39 is 0 Å². The third-order valence-electron chi connectivity index (χ3n) is 5.26. The van der Waals surface area contributed by atoms with E-state index in [2.05, 4.69) is 0 Å². The topological polar surface area (TPSA) is 45.6 Å². The molecule has 0 radical (unpaired) electrons. The number of amides is 2. The van der Waals surface area contributed by atoms with Crippen molar-refractivity contribution in [2.75, 3.05) is 6.54 Å². The summed E-state index contributed by atoms with van der Waals surface area (Å²) in [5, 5.41) is 0. The van der Waals surface area contributed by atoms with Gasteiger partial charge in [-0.05, 0) is 57.4 Å². The Morgan fingerprint density at radius 2 is 1.85 bits per heavy atom. The summed E-state index contributed by atoms with van der Waals surface area (Å²) in [5.41, 5.74) is 2.71. The van der Waals surface area contributed by atoms with E-state index in [9.17, 15) is 9.59 Å². The quantitative estimate of drug-likeness (QED) is 0.753. The lowest BCUT2D eigenvalue weighted by molar-refractivity contribution is -0.133. The van der Waals surface area contributed by atoms with Gasteiger partial charge in [-0.3, -0.25) is 9.59 Å². The smallest absolute Gasteiger partial charge is 0.254 e. The molecule has 1 aliphatic rings. The molecule has 0 atom stereocenters. The number of rotatable bonds is 7. The maximum atomic E-state index is 13.1. The van der Waals surface area contributed by atoms with E-state index in [0.717, 1.165) is 24.1 Å². The van der Waals surface area contributed by atoms with Crippen LogP contribution < -0.4 is 0 Å².